The van der Waals surface area contributed by atoms with E-state index in [4.69, 9.17) is 14.7 Å². The van der Waals surface area contributed by atoms with E-state index in [0.29, 0.717) is 0 Å². The fraction of sp³-hybridized carbons (Fsp3) is 0. The predicted octanol–water partition coefficient (Wildman–Crippen LogP) is -0.104. The molecule has 58 valence electrons. The van der Waals surface area contributed by atoms with Gasteiger partial charge >= 0.3 is 45.7 Å². The summed E-state index contributed by atoms with van der Waals surface area (Å²) in [4.78, 5) is 26.1. The van der Waals surface area contributed by atoms with E-state index in [1.807, 2.05) is 0 Å². The van der Waals surface area contributed by atoms with Gasteiger partial charge in [0.1, 0.15) is 0 Å². The first kappa shape index (κ1) is 11.8. The summed E-state index contributed by atoms with van der Waals surface area (Å²) in [6.07, 6.45) is 0. The Bertz CT molecular complexity index is 217. The summed E-state index contributed by atoms with van der Waals surface area (Å²) in [7, 11) is -3.77. The topological polar surface area (TPSA) is 60.7 Å². The molecule has 0 heterocycles. The van der Waals surface area contributed by atoms with E-state index in [9.17, 15) is 0 Å². The molecule has 3 N–H and O–H groups in total. The molecule has 1 aromatic carbocycles. The Balaban J connectivity index is -0.000000333. The monoisotopic (exact) mass is 201 g/mol. The summed E-state index contributed by atoms with van der Waals surface area (Å²) >= 11 is 0. The van der Waals surface area contributed by atoms with Crippen LogP contribution in [-0.2, 0) is 0 Å². The largest absolute Gasteiger partial charge is 2.00 e. The van der Waals surface area contributed by atoms with Crippen molar-refractivity contribution in [1.82, 2.24) is 0 Å². The zero-order valence-corrected chi connectivity index (χ0v) is 8.99. The van der Waals surface area contributed by atoms with Crippen LogP contribution >= 0.6 is 7.94 Å². The molecule has 0 bridgehead atoms. The SMILES string of the molecule is O[P+](O)(O)c1ccccc1.[Ca+2].[H-].[H-]. The van der Waals surface area contributed by atoms with E-state index >= 15 is 0 Å². The van der Waals surface area contributed by atoms with Crippen molar-refractivity contribution in [2.75, 3.05) is 0 Å². The molecule has 0 atom stereocenters. The minimum Gasteiger partial charge on any atom is -1.00 e. The van der Waals surface area contributed by atoms with Crippen LogP contribution in [0.3, 0.4) is 0 Å². The maximum atomic E-state index is 8.71. The van der Waals surface area contributed by atoms with Gasteiger partial charge in [0.15, 0.2) is 5.30 Å². The van der Waals surface area contributed by atoms with E-state index in [0.717, 1.165) is 0 Å². The van der Waals surface area contributed by atoms with E-state index < -0.39 is 7.94 Å². The molecular formula is C6H10CaO3P+. The van der Waals surface area contributed by atoms with Crippen molar-refractivity contribution in [3.05, 3.63) is 30.3 Å². The Labute approximate surface area is 98.2 Å². The second kappa shape index (κ2) is 4.73. The molecule has 0 aliphatic heterocycles. The molecule has 0 aromatic heterocycles. The molecule has 0 spiro atoms. The zero-order chi connectivity index (χ0) is 7.61. The quantitative estimate of drug-likeness (QED) is 0.439. The van der Waals surface area contributed by atoms with Gasteiger partial charge in [-0.25, -0.2) is 0 Å². The molecule has 1 aromatic rings. The number of rotatable bonds is 1. The molecule has 0 fully saturated rings. The summed E-state index contributed by atoms with van der Waals surface area (Å²) in [6.45, 7) is 0. The molecule has 0 radical (unpaired) electrons. The Morgan fingerprint density at radius 3 is 1.73 bits per heavy atom. The Kier molecular flexibility index (Phi) is 5.07. The summed E-state index contributed by atoms with van der Waals surface area (Å²) in [6, 6.07) is 7.93. The summed E-state index contributed by atoms with van der Waals surface area (Å²) in [5.74, 6) is 0. The third kappa shape index (κ3) is 3.81. The Morgan fingerprint density at radius 2 is 1.45 bits per heavy atom. The van der Waals surface area contributed by atoms with Crippen molar-refractivity contribution in [1.29, 1.82) is 0 Å². The van der Waals surface area contributed by atoms with Gasteiger partial charge < -0.3 is 2.85 Å². The maximum absolute atomic E-state index is 8.71. The van der Waals surface area contributed by atoms with Crippen molar-refractivity contribution >= 4 is 51.0 Å². The van der Waals surface area contributed by atoms with Crippen LogP contribution in [0.4, 0.5) is 0 Å². The molecule has 0 saturated carbocycles. The van der Waals surface area contributed by atoms with Crippen LogP contribution in [0.15, 0.2) is 30.3 Å². The number of hydrogen-bond acceptors (Lipinski definition) is 3. The average molecular weight is 201 g/mol. The van der Waals surface area contributed by atoms with E-state index in [2.05, 4.69) is 0 Å². The standard InChI is InChI=1S/C6H8O3P.Ca.2H/c7-10(8,9)6-4-2-1-3-5-6;;;/h1-5,7-9H;;;/q+1;+2;2*-1. The van der Waals surface area contributed by atoms with Crippen LogP contribution < -0.4 is 5.30 Å². The minimum atomic E-state index is -3.77. The number of hydrogen-bond donors (Lipinski definition) is 3. The molecule has 0 unspecified atom stereocenters. The van der Waals surface area contributed by atoms with Crippen LogP contribution in [0.5, 0.6) is 0 Å². The minimum absolute atomic E-state index is 0. The molecule has 11 heavy (non-hydrogen) atoms. The van der Waals surface area contributed by atoms with Gasteiger partial charge in [-0.1, -0.05) is 18.2 Å². The first-order valence-electron chi connectivity index (χ1n) is 2.73. The summed E-state index contributed by atoms with van der Waals surface area (Å²) in [5, 5.41) is 0.176. The van der Waals surface area contributed by atoms with E-state index in [1.165, 1.54) is 12.1 Å². The Hall–Kier alpha value is 0.790. The van der Waals surface area contributed by atoms with Crippen molar-refractivity contribution in [3.63, 3.8) is 0 Å². The third-order valence-corrected chi connectivity index (χ3v) is 2.09. The van der Waals surface area contributed by atoms with Gasteiger partial charge in [-0.05, 0) is 12.1 Å². The van der Waals surface area contributed by atoms with Gasteiger partial charge in [0, 0.05) is 0 Å². The number of benzene rings is 1. The molecule has 0 aliphatic rings. The molecule has 5 heteroatoms. The maximum Gasteiger partial charge on any atom is 2.00 e. The van der Waals surface area contributed by atoms with Crippen LogP contribution in [0.1, 0.15) is 2.85 Å². The molecule has 1 rings (SSSR count). The molecule has 0 amide bonds. The fourth-order valence-corrected chi connectivity index (χ4v) is 1.20. The second-order valence-corrected chi connectivity index (χ2v) is 3.56. The first-order valence-corrected chi connectivity index (χ1v) is 4.38. The van der Waals surface area contributed by atoms with Gasteiger partial charge in [0.2, 0.25) is 0 Å². The van der Waals surface area contributed by atoms with E-state index in [1.54, 1.807) is 18.2 Å². The second-order valence-electron chi connectivity index (χ2n) is 1.90. The van der Waals surface area contributed by atoms with E-state index in [-0.39, 0.29) is 45.9 Å². The van der Waals surface area contributed by atoms with Gasteiger partial charge in [-0.3, -0.25) is 0 Å². The van der Waals surface area contributed by atoms with Crippen LogP contribution in [0.25, 0.3) is 0 Å². The normalized spacial score (nSPS) is 10.5. The zero-order valence-electron chi connectivity index (χ0n) is 7.88. The average Bonchev–Trinajstić information content (AvgIpc) is 1.88. The first-order chi connectivity index (χ1) is 4.61. The molecular weight excluding hydrogens is 191 g/mol. The fourth-order valence-electron chi connectivity index (χ4n) is 0.628. The van der Waals surface area contributed by atoms with Crippen molar-refractivity contribution in [3.8, 4) is 0 Å². The van der Waals surface area contributed by atoms with Crippen molar-refractivity contribution in [2.45, 2.75) is 0 Å². The van der Waals surface area contributed by atoms with Gasteiger partial charge in [-0.2, -0.15) is 14.7 Å². The van der Waals surface area contributed by atoms with Gasteiger partial charge in [-0.15, -0.1) is 0 Å². The van der Waals surface area contributed by atoms with Gasteiger partial charge in [0.25, 0.3) is 0 Å². The Morgan fingerprint density at radius 1 is 1.00 bits per heavy atom. The summed E-state index contributed by atoms with van der Waals surface area (Å²) in [5.41, 5.74) is 0. The van der Waals surface area contributed by atoms with Crippen molar-refractivity contribution < 1.29 is 17.5 Å². The van der Waals surface area contributed by atoms with Crippen LogP contribution in [-0.4, -0.2) is 52.4 Å². The third-order valence-electron chi connectivity index (χ3n) is 1.10. The predicted molar refractivity (Wildman–Crippen MR) is 47.6 cm³/mol. The van der Waals surface area contributed by atoms with Crippen molar-refractivity contribution in [2.24, 2.45) is 0 Å². The van der Waals surface area contributed by atoms with Gasteiger partial charge in [0.05, 0.1) is 0 Å². The van der Waals surface area contributed by atoms with Crippen LogP contribution in [0.2, 0.25) is 0 Å². The molecule has 3 nitrogen and oxygen atoms in total. The smallest absolute Gasteiger partial charge is 1.00 e. The molecule has 0 saturated heterocycles. The van der Waals surface area contributed by atoms with Crippen LogP contribution in [0, 0.1) is 0 Å². The summed E-state index contributed by atoms with van der Waals surface area (Å²) < 4.78 is 0. The molecule has 0 aliphatic carbocycles.